The summed E-state index contributed by atoms with van der Waals surface area (Å²) in [5.41, 5.74) is 0.208. The maximum Gasteiger partial charge on any atom is 0.416 e. The summed E-state index contributed by atoms with van der Waals surface area (Å²) >= 11 is 0. The van der Waals surface area contributed by atoms with Crippen LogP contribution >= 0.6 is 0 Å². The Morgan fingerprint density at radius 3 is 2.41 bits per heavy atom. The summed E-state index contributed by atoms with van der Waals surface area (Å²) < 4.78 is 43.9. The number of aliphatic hydroxyl groups is 1. The van der Waals surface area contributed by atoms with Crippen LogP contribution in [-0.2, 0) is 18.2 Å². The molecule has 2 aromatic carbocycles. The number of likely N-dealkylation sites (tertiary alicyclic amines) is 1. The van der Waals surface area contributed by atoms with Crippen LogP contribution in [-0.4, -0.2) is 36.8 Å². The summed E-state index contributed by atoms with van der Waals surface area (Å²) in [5.74, 6) is 1.57. The molecule has 2 fully saturated rings. The van der Waals surface area contributed by atoms with Crippen molar-refractivity contribution in [3.63, 3.8) is 0 Å². The first-order valence-corrected chi connectivity index (χ1v) is 10.0. The molecule has 156 valence electrons. The molecule has 1 heterocycles. The van der Waals surface area contributed by atoms with Gasteiger partial charge in [0.2, 0.25) is 0 Å². The van der Waals surface area contributed by atoms with Crippen LogP contribution in [0.2, 0.25) is 0 Å². The minimum Gasteiger partial charge on any atom is -0.497 e. The minimum atomic E-state index is -4.30. The van der Waals surface area contributed by atoms with Crippen molar-refractivity contribution >= 4 is 0 Å². The highest BCUT2D eigenvalue weighted by molar-refractivity contribution is 5.33. The van der Waals surface area contributed by atoms with E-state index in [-0.39, 0.29) is 0 Å². The van der Waals surface area contributed by atoms with Gasteiger partial charge in [-0.15, -0.1) is 0 Å². The van der Waals surface area contributed by atoms with Gasteiger partial charge in [-0.1, -0.05) is 30.3 Å². The average Bonchev–Trinajstić information content (AvgIpc) is 3.21. The van der Waals surface area contributed by atoms with Crippen molar-refractivity contribution in [1.82, 2.24) is 4.90 Å². The van der Waals surface area contributed by atoms with E-state index in [4.69, 9.17) is 4.74 Å². The number of hydrogen-bond donors (Lipinski definition) is 1. The van der Waals surface area contributed by atoms with Crippen LogP contribution in [0, 0.1) is 11.8 Å². The third kappa shape index (κ3) is 4.28. The van der Waals surface area contributed by atoms with Gasteiger partial charge in [0, 0.05) is 19.6 Å². The number of fused-ring (bicyclic) bond motifs is 1. The Balaban J connectivity index is 1.35. The zero-order valence-electron chi connectivity index (χ0n) is 16.5. The Morgan fingerprint density at radius 2 is 1.76 bits per heavy atom. The lowest BCUT2D eigenvalue weighted by Crippen LogP contribution is -2.29. The van der Waals surface area contributed by atoms with Gasteiger partial charge in [-0.25, -0.2) is 0 Å². The Kier molecular flexibility index (Phi) is 5.34. The quantitative estimate of drug-likeness (QED) is 0.796. The number of methoxy groups -OCH3 is 1. The molecule has 1 saturated heterocycles. The van der Waals surface area contributed by atoms with Crippen molar-refractivity contribution in [2.75, 3.05) is 26.7 Å². The van der Waals surface area contributed by atoms with E-state index in [1.54, 1.807) is 13.2 Å². The van der Waals surface area contributed by atoms with E-state index >= 15 is 0 Å². The highest BCUT2D eigenvalue weighted by atomic mass is 19.4. The van der Waals surface area contributed by atoms with Gasteiger partial charge >= 0.3 is 6.18 Å². The molecule has 0 bridgehead atoms. The Labute approximate surface area is 169 Å². The Morgan fingerprint density at radius 1 is 1.07 bits per heavy atom. The van der Waals surface area contributed by atoms with Crippen molar-refractivity contribution in [1.29, 1.82) is 0 Å². The lowest BCUT2D eigenvalue weighted by Gasteiger charge is -2.27. The largest absolute Gasteiger partial charge is 0.497 e. The van der Waals surface area contributed by atoms with Gasteiger partial charge in [0.05, 0.1) is 18.3 Å². The van der Waals surface area contributed by atoms with Gasteiger partial charge < -0.3 is 14.7 Å². The van der Waals surface area contributed by atoms with E-state index in [0.29, 0.717) is 36.7 Å². The van der Waals surface area contributed by atoms with E-state index in [0.717, 1.165) is 37.0 Å². The number of ether oxygens (including phenoxy) is 1. The summed E-state index contributed by atoms with van der Waals surface area (Å²) in [6, 6.07) is 13.2. The van der Waals surface area contributed by atoms with Gasteiger partial charge in [0.1, 0.15) is 5.75 Å². The summed E-state index contributed by atoms with van der Waals surface area (Å²) in [6.07, 6.45) is -2.27. The number of alkyl halides is 3. The predicted octanol–water partition coefficient (Wildman–Crippen LogP) is 4.49. The number of nitrogens with zero attached hydrogens (tertiary/aromatic N) is 1. The molecule has 1 aliphatic carbocycles. The monoisotopic (exact) mass is 405 g/mol. The van der Waals surface area contributed by atoms with Crippen LogP contribution in [0.3, 0.4) is 0 Å². The van der Waals surface area contributed by atoms with Gasteiger partial charge in [0.25, 0.3) is 0 Å². The first-order valence-electron chi connectivity index (χ1n) is 10.0. The second-order valence-electron chi connectivity index (χ2n) is 8.40. The van der Waals surface area contributed by atoms with Gasteiger partial charge in [0.15, 0.2) is 0 Å². The molecule has 0 aromatic heterocycles. The summed E-state index contributed by atoms with van der Waals surface area (Å²) in [7, 11) is 1.62. The summed E-state index contributed by atoms with van der Waals surface area (Å²) in [5, 5.41) is 11.2. The third-order valence-corrected chi connectivity index (χ3v) is 6.43. The molecule has 0 amide bonds. The maximum atomic E-state index is 12.9. The number of halogens is 3. The second kappa shape index (κ2) is 7.65. The fourth-order valence-corrected chi connectivity index (χ4v) is 4.97. The lowest BCUT2D eigenvalue weighted by atomic mass is 9.90. The SMILES string of the molecule is COc1cccc([C@]2(O)C[C@H]3CN(CCc4cccc(C(F)(F)F)c4)C[C@H]3C2)c1. The van der Waals surface area contributed by atoms with Crippen LogP contribution in [0.1, 0.15) is 29.5 Å². The van der Waals surface area contributed by atoms with Crippen molar-refractivity contribution in [2.24, 2.45) is 11.8 Å². The first-order chi connectivity index (χ1) is 13.8. The fraction of sp³-hybridized carbons (Fsp3) is 0.478. The smallest absolute Gasteiger partial charge is 0.416 e. The summed E-state index contributed by atoms with van der Waals surface area (Å²) in [6.45, 7) is 2.51. The highest BCUT2D eigenvalue weighted by Crippen LogP contribution is 2.49. The Hall–Kier alpha value is -2.05. The van der Waals surface area contributed by atoms with Gasteiger partial charge in [-0.3, -0.25) is 0 Å². The van der Waals surface area contributed by atoms with Crippen LogP contribution in [0.5, 0.6) is 5.75 Å². The van der Waals surface area contributed by atoms with E-state index in [1.165, 1.54) is 12.1 Å². The number of rotatable bonds is 5. The van der Waals surface area contributed by atoms with E-state index in [9.17, 15) is 18.3 Å². The lowest BCUT2D eigenvalue weighted by molar-refractivity contribution is -0.137. The van der Waals surface area contributed by atoms with Crippen molar-refractivity contribution < 1.29 is 23.0 Å². The van der Waals surface area contributed by atoms with Crippen LogP contribution < -0.4 is 4.74 Å². The molecule has 4 rings (SSSR count). The van der Waals surface area contributed by atoms with Gasteiger partial charge in [-0.2, -0.15) is 13.2 Å². The molecule has 6 heteroatoms. The van der Waals surface area contributed by atoms with E-state index in [1.807, 2.05) is 24.3 Å². The predicted molar refractivity (Wildman–Crippen MR) is 105 cm³/mol. The normalized spacial score (nSPS) is 27.2. The topological polar surface area (TPSA) is 32.7 Å². The Bertz CT molecular complexity index is 853. The average molecular weight is 405 g/mol. The van der Waals surface area contributed by atoms with Crippen molar-refractivity contribution in [3.05, 3.63) is 65.2 Å². The number of benzene rings is 2. The third-order valence-electron chi connectivity index (χ3n) is 6.43. The highest BCUT2D eigenvalue weighted by Gasteiger charge is 2.48. The zero-order chi connectivity index (χ0) is 20.6. The van der Waals surface area contributed by atoms with Crippen LogP contribution in [0.15, 0.2) is 48.5 Å². The van der Waals surface area contributed by atoms with Crippen LogP contribution in [0.25, 0.3) is 0 Å². The minimum absolute atomic E-state index is 0.410. The molecule has 1 N–H and O–H groups in total. The van der Waals surface area contributed by atoms with Crippen molar-refractivity contribution in [2.45, 2.75) is 31.0 Å². The van der Waals surface area contributed by atoms with Crippen molar-refractivity contribution in [3.8, 4) is 5.75 Å². The van der Waals surface area contributed by atoms with Crippen LogP contribution in [0.4, 0.5) is 13.2 Å². The number of hydrogen-bond acceptors (Lipinski definition) is 3. The zero-order valence-corrected chi connectivity index (χ0v) is 16.5. The molecule has 3 nitrogen and oxygen atoms in total. The molecule has 2 aromatic rings. The van der Waals surface area contributed by atoms with E-state index < -0.39 is 17.3 Å². The molecule has 1 aliphatic heterocycles. The first kappa shape index (κ1) is 20.2. The van der Waals surface area contributed by atoms with Gasteiger partial charge in [-0.05, 0) is 60.4 Å². The summed E-state index contributed by atoms with van der Waals surface area (Å²) in [4.78, 5) is 2.32. The molecule has 2 aliphatic rings. The molecular formula is C23H26F3NO2. The standard InChI is InChI=1S/C23H26F3NO2/c1-29-21-7-3-5-19(11-21)22(28)12-17-14-27(15-18(17)13-22)9-8-16-4-2-6-20(10-16)23(24,25)26/h2-7,10-11,17-18,28H,8-9,12-15H2,1H3/t17-,18+,22-. The molecular weight excluding hydrogens is 379 g/mol. The second-order valence-corrected chi connectivity index (χ2v) is 8.40. The fourth-order valence-electron chi connectivity index (χ4n) is 4.97. The molecule has 29 heavy (non-hydrogen) atoms. The molecule has 1 saturated carbocycles. The molecule has 0 spiro atoms. The maximum absolute atomic E-state index is 12.9. The molecule has 0 radical (unpaired) electrons. The molecule has 3 atom stereocenters. The molecule has 0 unspecified atom stereocenters. The van der Waals surface area contributed by atoms with E-state index in [2.05, 4.69) is 4.90 Å².